The molecule has 0 bridgehead atoms. The molecule has 4 rings (SSSR count). The van der Waals surface area contributed by atoms with Crippen LogP contribution in [0.15, 0.2) is 48.8 Å². The van der Waals surface area contributed by atoms with E-state index in [-0.39, 0.29) is 5.91 Å². The van der Waals surface area contributed by atoms with E-state index < -0.39 is 0 Å². The normalized spacial score (nSPS) is 13.2. The van der Waals surface area contributed by atoms with E-state index in [0.717, 1.165) is 22.5 Å². The highest BCUT2D eigenvalue weighted by atomic mass is 16.2. The Morgan fingerprint density at radius 3 is 2.74 bits per heavy atom. The van der Waals surface area contributed by atoms with Crippen molar-refractivity contribution in [2.24, 2.45) is 0 Å². The molecule has 1 amide bonds. The second-order valence-corrected chi connectivity index (χ2v) is 5.64. The van der Waals surface area contributed by atoms with Crippen molar-refractivity contribution in [3.63, 3.8) is 0 Å². The quantitative estimate of drug-likeness (QED) is 0.727. The summed E-state index contributed by atoms with van der Waals surface area (Å²) < 4.78 is 1.61. The van der Waals surface area contributed by atoms with E-state index in [1.807, 2.05) is 49.5 Å². The van der Waals surface area contributed by atoms with Crippen LogP contribution in [0, 0.1) is 6.92 Å². The first-order chi connectivity index (χ1) is 11.2. The number of pyridine rings is 1. The highest BCUT2D eigenvalue weighted by Gasteiger charge is 2.26. The van der Waals surface area contributed by atoms with Gasteiger partial charge in [0.2, 0.25) is 0 Å². The Kier molecular flexibility index (Phi) is 3.15. The highest BCUT2D eigenvalue weighted by molar-refractivity contribution is 5.92. The summed E-state index contributed by atoms with van der Waals surface area (Å²) in [6.07, 6.45) is 3.52. The number of fused-ring (bicyclic) bond motifs is 1. The molecule has 3 aromatic rings. The molecular formula is C17H15N5O. The van der Waals surface area contributed by atoms with Gasteiger partial charge in [0.05, 0.1) is 11.9 Å². The van der Waals surface area contributed by atoms with Crippen molar-refractivity contribution >= 4 is 5.91 Å². The first-order valence-corrected chi connectivity index (χ1v) is 7.42. The van der Waals surface area contributed by atoms with Crippen LogP contribution in [0.3, 0.4) is 0 Å². The number of carbonyl (C=O) groups is 1. The van der Waals surface area contributed by atoms with Crippen LogP contribution in [0.1, 0.15) is 27.3 Å². The van der Waals surface area contributed by atoms with E-state index in [9.17, 15) is 4.79 Å². The number of aromatic nitrogens is 4. The molecule has 0 saturated carbocycles. The zero-order valence-corrected chi connectivity index (χ0v) is 12.7. The Labute approximate surface area is 133 Å². The topological polar surface area (TPSA) is 63.9 Å². The van der Waals surface area contributed by atoms with Gasteiger partial charge in [-0.1, -0.05) is 23.4 Å². The fraction of sp³-hybridized carbons (Fsp3) is 0.176. The summed E-state index contributed by atoms with van der Waals surface area (Å²) in [6.45, 7) is 3.12. The van der Waals surface area contributed by atoms with E-state index in [1.165, 1.54) is 0 Å². The van der Waals surface area contributed by atoms with Gasteiger partial charge in [0.25, 0.3) is 5.91 Å². The molecule has 0 saturated heterocycles. The third-order valence-electron chi connectivity index (χ3n) is 3.96. The summed E-state index contributed by atoms with van der Waals surface area (Å²) in [7, 11) is 0. The van der Waals surface area contributed by atoms with E-state index >= 15 is 0 Å². The largest absolute Gasteiger partial charge is 0.328 e. The number of nitrogens with zero attached hydrogens (tertiary/aromatic N) is 5. The summed E-state index contributed by atoms with van der Waals surface area (Å²) in [5.74, 6) is -0.110. The van der Waals surface area contributed by atoms with Gasteiger partial charge in [0.1, 0.15) is 0 Å². The molecule has 6 heteroatoms. The van der Waals surface area contributed by atoms with Crippen molar-refractivity contribution in [3.05, 3.63) is 71.3 Å². The van der Waals surface area contributed by atoms with Gasteiger partial charge in [-0.15, -0.1) is 5.10 Å². The van der Waals surface area contributed by atoms with Gasteiger partial charge in [0.15, 0.2) is 5.69 Å². The maximum Gasteiger partial charge on any atom is 0.276 e. The maximum absolute atomic E-state index is 12.6. The Morgan fingerprint density at radius 2 is 1.91 bits per heavy atom. The lowest BCUT2D eigenvalue weighted by molar-refractivity contribution is 0.0745. The van der Waals surface area contributed by atoms with Crippen LogP contribution in [-0.4, -0.2) is 30.8 Å². The highest BCUT2D eigenvalue weighted by Crippen LogP contribution is 2.23. The molecule has 2 aromatic heterocycles. The number of amides is 1. The minimum absolute atomic E-state index is 0.110. The standard InChI is InChI=1S/C17H15N5O/c1-12-7-13-9-21(10-14(13)8-18-12)17(23)16-11-22(20-19-16)15-5-3-2-4-6-15/h2-8,11H,9-10H2,1H3. The Bertz CT molecular complexity index is 872. The second kappa shape index (κ2) is 5.31. The molecule has 0 spiro atoms. The first-order valence-electron chi connectivity index (χ1n) is 7.42. The molecule has 0 radical (unpaired) electrons. The second-order valence-electron chi connectivity index (χ2n) is 5.64. The number of para-hydroxylation sites is 1. The van der Waals surface area contributed by atoms with Crippen molar-refractivity contribution in [1.29, 1.82) is 0 Å². The van der Waals surface area contributed by atoms with Crippen molar-refractivity contribution in [3.8, 4) is 5.69 Å². The lowest BCUT2D eigenvalue weighted by Gasteiger charge is -2.12. The molecule has 1 aromatic carbocycles. The third kappa shape index (κ3) is 2.48. The smallest absolute Gasteiger partial charge is 0.276 e. The molecule has 0 unspecified atom stereocenters. The fourth-order valence-corrected chi connectivity index (χ4v) is 2.78. The van der Waals surface area contributed by atoms with Crippen molar-refractivity contribution in [1.82, 2.24) is 24.9 Å². The predicted octanol–water partition coefficient (Wildman–Crippen LogP) is 2.13. The van der Waals surface area contributed by atoms with Gasteiger partial charge in [-0.2, -0.15) is 0 Å². The van der Waals surface area contributed by atoms with Crippen molar-refractivity contribution < 1.29 is 4.79 Å². The molecule has 1 aliphatic heterocycles. The van der Waals surface area contributed by atoms with Gasteiger partial charge in [-0.05, 0) is 36.2 Å². The zero-order valence-electron chi connectivity index (χ0n) is 12.7. The molecule has 3 heterocycles. The molecule has 1 aliphatic rings. The van der Waals surface area contributed by atoms with Crippen LogP contribution in [0.4, 0.5) is 0 Å². The molecule has 23 heavy (non-hydrogen) atoms. The van der Waals surface area contributed by atoms with Crippen LogP contribution in [0.5, 0.6) is 0 Å². The van der Waals surface area contributed by atoms with Gasteiger partial charge >= 0.3 is 0 Å². The van der Waals surface area contributed by atoms with Crippen LogP contribution >= 0.6 is 0 Å². The molecule has 0 atom stereocenters. The fourth-order valence-electron chi connectivity index (χ4n) is 2.78. The zero-order chi connectivity index (χ0) is 15.8. The number of hydrogen-bond donors (Lipinski definition) is 0. The number of carbonyl (C=O) groups excluding carboxylic acids is 1. The van der Waals surface area contributed by atoms with Crippen LogP contribution in [-0.2, 0) is 13.1 Å². The SMILES string of the molecule is Cc1cc2c(cn1)CN(C(=O)c1cn(-c3ccccc3)nn1)C2. The van der Waals surface area contributed by atoms with Crippen LogP contribution in [0.2, 0.25) is 0 Å². The van der Waals surface area contributed by atoms with Crippen LogP contribution in [0.25, 0.3) is 5.69 Å². The maximum atomic E-state index is 12.6. The average molecular weight is 305 g/mol. The Balaban J connectivity index is 1.56. The summed E-state index contributed by atoms with van der Waals surface area (Å²) >= 11 is 0. The average Bonchev–Trinajstić information content (AvgIpc) is 3.21. The summed E-state index contributed by atoms with van der Waals surface area (Å²) in [4.78, 5) is 18.7. The van der Waals surface area contributed by atoms with Gasteiger partial charge in [-0.3, -0.25) is 9.78 Å². The van der Waals surface area contributed by atoms with Crippen molar-refractivity contribution in [2.45, 2.75) is 20.0 Å². The van der Waals surface area contributed by atoms with Crippen LogP contribution < -0.4 is 0 Å². The summed E-state index contributed by atoms with van der Waals surface area (Å²) in [6, 6.07) is 11.6. The lowest BCUT2D eigenvalue weighted by Crippen LogP contribution is -2.25. The Hall–Kier alpha value is -3.02. The number of hydrogen-bond acceptors (Lipinski definition) is 4. The number of aryl methyl sites for hydroxylation is 1. The predicted molar refractivity (Wildman–Crippen MR) is 83.9 cm³/mol. The third-order valence-corrected chi connectivity index (χ3v) is 3.96. The number of rotatable bonds is 2. The molecular weight excluding hydrogens is 290 g/mol. The first kappa shape index (κ1) is 13.6. The lowest BCUT2D eigenvalue weighted by atomic mass is 10.2. The van der Waals surface area contributed by atoms with E-state index in [4.69, 9.17) is 0 Å². The molecule has 6 nitrogen and oxygen atoms in total. The molecule has 0 aliphatic carbocycles. The van der Waals surface area contributed by atoms with E-state index in [1.54, 1.807) is 15.8 Å². The van der Waals surface area contributed by atoms with Gasteiger partial charge in [-0.25, -0.2) is 4.68 Å². The minimum atomic E-state index is -0.110. The summed E-state index contributed by atoms with van der Waals surface area (Å²) in [5, 5.41) is 8.07. The minimum Gasteiger partial charge on any atom is -0.328 e. The number of benzene rings is 1. The monoisotopic (exact) mass is 305 g/mol. The van der Waals surface area contributed by atoms with Crippen molar-refractivity contribution in [2.75, 3.05) is 0 Å². The Morgan fingerprint density at radius 1 is 1.13 bits per heavy atom. The molecule has 114 valence electrons. The molecule has 0 fully saturated rings. The summed E-state index contributed by atoms with van der Waals surface area (Å²) in [5.41, 5.74) is 4.45. The van der Waals surface area contributed by atoms with E-state index in [2.05, 4.69) is 15.3 Å². The van der Waals surface area contributed by atoms with Gasteiger partial charge < -0.3 is 4.90 Å². The van der Waals surface area contributed by atoms with E-state index in [0.29, 0.717) is 18.8 Å². The molecule has 0 N–H and O–H groups in total. The van der Waals surface area contributed by atoms with Gasteiger partial charge in [0, 0.05) is 25.0 Å².